The number of thioether (sulfide) groups is 1. The van der Waals surface area contributed by atoms with Gasteiger partial charge in [0.2, 0.25) is 5.16 Å². The topological polar surface area (TPSA) is 89.3 Å². The largest absolute Gasteiger partial charge is 0.309 e. The van der Waals surface area contributed by atoms with Gasteiger partial charge in [-0.2, -0.15) is 4.68 Å². The molecule has 1 N–H and O–H groups in total. The highest BCUT2D eigenvalue weighted by Crippen LogP contribution is 2.35. The molecule has 0 saturated carbocycles. The third-order valence-electron chi connectivity index (χ3n) is 5.00. The van der Waals surface area contributed by atoms with Crippen LogP contribution in [0.1, 0.15) is 23.6 Å². The Morgan fingerprint density at radius 1 is 1.10 bits per heavy atom. The Balaban J connectivity index is 1.48. The second-order valence-electron chi connectivity index (χ2n) is 7.07. The Kier molecular flexibility index (Phi) is 5.13. The van der Waals surface area contributed by atoms with Crippen molar-refractivity contribution in [3.8, 4) is 16.8 Å². The number of fused-ring (bicyclic) bond motifs is 1. The summed E-state index contributed by atoms with van der Waals surface area (Å²) in [6.45, 7) is 4.00. The van der Waals surface area contributed by atoms with Crippen LogP contribution in [0.2, 0.25) is 0 Å². The van der Waals surface area contributed by atoms with Gasteiger partial charge in [0.1, 0.15) is 10.7 Å². The summed E-state index contributed by atoms with van der Waals surface area (Å²) in [4.78, 5) is 21.4. The van der Waals surface area contributed by atoms with Crippen molar-refractivity contribution in [3.63, 3.8) is 0 Å². The number of benzene rings is 2. The molecule has 2 aromatic carbocycles. The number of hydrogen-bond donors (Lipinski definition) is 1. The summed E-state index contributed by atoms with van der Waals surface area (Å²) in [5, 5.41) is 15.3. The van der Waals surface area contributed by atoms with E-state index in [1.807, 2.05) is 73.8 Å². The van der Waals surface area contributed by atoms with Gasteiger partial charge in [-0.25, -0.2) is 4.98 Å². The highest BCUT2D eigenvalue weighted by Gasteiger charge is 2.20. The minimum Gasteiger partial charge on any atom is -0.309 e. The number of nitrogens with zero attached hydrogens (tertiary/aromatic N) is 5. The van der Waals surface area contributed by atoms with E-state index in [4.69, 9.17) is 4.98 Å². The molecule has 0 fully saturated rings. The lowest BCUT2D eigenvalue weighted by Crippen LogP contribution is -2.12. The first-order valence-electron chi connectivity index (χ1n) is 9.69. The van der Waals surface area contributed by atoms with Gasteiger partial charge in [-0.15, -0.1) is 16.4 Å². The van der Waals surface area contributed by atoms with Crippen LogP contribution in [0.25, 0.3) is 27.0 Å². The van der Waals surface area contributed by atoms with Crippen LogP contribution in [0.15, 0.2) is 69.9 Å². The number of nitrogens with one attached hydrogen (secondary N) is 1. The molecular formula is C22H18N6OS2. The van der Waals surface area contributed by atoms with Gasteiger partial charge in [-0.3, -0.25) is 4.79 Å². The van der Waals surface area contributed by atoms with E-state index in [0.29, 0.717) is 16.4 Å². The van der Waals surface area contributed by atoms with Crippen molar-refractivity contribution < 1.29 is 0 Å². The number of aryl methyl sites for hydroxylation is 1. The summed E-state index contributed by atoms with van der Waals surface area (Å²) < 4.78 is 1.71. The molecule has 31 heavy (non-hydrogen) atoms. The zero-order valence-corrected chi connectivity index (χ0v) is 18.4. The summed E-state index contributed by atoms with van der Waals surface area (Å²) in [6.07, 6.45) is 0. The first-order valence-corrected chi connectivity index (χ1v) is 11.5. The minimum absolute atomic E-state index is 0.133. The Bertz CT molecular complexity index is 1420. The molecule has 1 unspecified atom stereocenters. The van der Waals surface area contributed by atoms with Crippen LogP contribution in [0.3, 0.4) is 0 Å². The molecule has 0 radical (unpaired) electrons. The lowest BCUT2D eigenvalue weighted by Gasteiger charge is -2.11. The average Bonchev–Trinajstić information content (AvgIpc) is 3.42. The zero-order chi connectivity index (χ0) is 21.4. The fraction of sp³-hybridized carbons (Fsp3) is 0.136. The summed E-state index contributed by atoms with van der Waals surface area (Å²) in [5.74, 6) is 0.600. The molecule has 0 spiro atoms. The Hall–Kier alpha value is -3.30. The van der Waals surface area contributed by atoms with E-state index in [9.17, 15) is 4.79 Å². The SMILES string of the molecule is Cc1ccccc1-n1nnnc1SC(C)c1nc2scc(-c3ccccc3)c2c(=O)[nH]1. The van der Waals surface area contributed by atoms with Gasteiger partial charge in [0, 0.05) is 10.9 Å². The molecule has 154 valence electrons. The molecule has 0 saturated heterocycles. The van der Waals surface area contributed by atoms with Gasteiger partial charge in [0.15, 0.2) is 0 Å². The lowest BCUT2D eigenvalue weighted by atomic mass is 10.1. The number of H-pyrrole nitrogens is 1. The first-order chi connectivity index (χ1) is 15.1. The number of tetrazole rings is 1. The van der Waals surface area contributed by atoms with E-state index in [1.165, 1.54) is 23.1 Å². The minimum atomic E-state index is -0.145. The van der Waals surface area contributed by atoms with Crippen LogP contribution < -0.4 is 5.56 Å². The molecule has 7 nitrogen and oxygen atoms in total. The maximum Gasteiger partial charge on any atom is 0.260 e. The van der Waals surface area contributed by atoms with Crippen molar-refractivity contribution in [1.82, 2.24) is 30.2 Å². The summed E-state index contributed by atoms with van der Waals surface area (Å²) in [6, 6.07) is 17.8. The lowest BCUT2D eigenvalue weighted by molar-refractivity contribution is 0.749. The number of para-hydroxylation sites is 1. The maximum absolute atomic E-state index is 13.0. The average molecular weight is 447 g/mol. The zero-order valence-electron chi connectivity index (χ0n) is 16.8. The second kappa shape index (κ2) is 8.09. The number of rotatable bonds is 5. The van der Waals surface area contributed by atoms with E-state index in [2.05, 4.69) is 20.5 Å². The molecule has 0 amide bonds. The summed E-state index contributed by atoms with van der Waals surface area (Å²) in [7, 11) is 0. The predicted octanol–water partition coefficient (Wildman–Crippen LogP) is 4.79. The van der Waals surface area contributed by atoms with Crippen LogP contribution >= 0.6 is 23.1 Å². The number of aromatic amines is 1. The molecule has 0 aliphatic rings. The van der Waals surface area contributed by atoms with Crippen molar-refractivity contribution >= 4 is 33.3 Å². The van der Waals surface area contributed by atoms with Crippen LogP contribution in [-0.4, -0.2) is 30.2 Å². The van der Waals surface area contributed by atoms with E-state index in [0.717, 1.165) is 27.2 Å². The maximum atomic E-state index is 13.0. The van der Waals surface area contributed by atoms with Crippen molar-refractivity contribution in [2.45, 2.75) is 24.3 Å². The molecule has 3 aromatic heterocycles. The Morgan fingerprint density at radius 2 is 1.87 bits per heavy atom. The fourth-order valence-corrected chi connectivity index (χ4v) is 5.22. The number of thiophene rings is 1. The van der Waals surface area contributed by atoms with Crippen LogP contribution in [0, 0.1) is 6.92 Å². The van der Waals surface area contributed by atoms with Gasteiger partial charge >= 0.3 is 0 Å². The third kappa shape index (κ3) is 3.66. The number of aromatic nitrogens is 6. The highest BCUT2D eigenvalue weighted by atomic mass is 32.2. The van der Waals surface area contributed by atoms with Crippen molar-refractivity contribution in [3.05, 3.63) is 81.7 Å². The molecule has 0 aliphatic heterocycles. The normalized spacial score (nSPS) is 12.3. The van der Waals surface area contributed by atoms with Gasteiger partial charge in [0.05, 0.1) is 16.3 Å². The predicted molar refractivity (Wildman–Crippen MR) is 124 cm³/mol. The smallest absolute Gasteiger partial charge is 0.260 e. The van der Waals surface area contributed by atoms with Crippen molar-refractivity contribution in [2.24, 2.45) is 0 Å². The molecule has 5 rings (SSSR count). The monoisotopic (exact) mass is 446 g/mol. The first kappa shape index (κ1) is 19.7. The molecular weight excluding hydrogens is 428 g/mol. The van der Waals surface area contributed by atoms with Crippen molar-refractivity contribution in [1.29, 1.82) is 0 Å². The Morgan fingerprint density at radius 3 is 2.68 bits per heavy atom. The molecule has 0 aliphatic carbocycles. The van der Waals surface area contributed by atoms with E-state index >= 15 is 0 Å². The highest BCUT2D eigenvalue weighted by molar-refractivity contribution is 7.99. The van der Waals surface area contributed by atoms with E-state index in [1.54, 1.807) is 4.68 Å². The van der Waals surface area contributed by atoms with Gasteiger partial charge in [-0.1, -0.05) is 60.3 Å². The van der Waals surface area contributed by atoms with Crippen LogP contribution in [-0.2, 0) is 0 Å². The molecule has 0 bridgehead atoms. The van der Waals surface area contributed by atoms with E-state index < -0.39 is 0 Å². The van der Waals surface area contributed by atoms with Gasteiger partial charge < -0.3 is 4.98 Å². The van der Waals surface area contributed by atoms with E-state index in [-0.39, 0.29) is 10.8 Å². The van der Waals surface area contributed by atoms with Crippen molar-refractivity contribution in [2.75, 3.05) is 0 Å². The second-order valence-corrected chi connectivity index (χ2v) is 9.23. The summed E-state index contributed by atoms with van der Waals surface area (Å²) >= 11 is 2.93. The molecule has 5 aromatic rings. The standard InChI is InChI=1S/C22H18N6OS2/c1-13-8-6-7-11-17(13)28-22(25-26-27-28)31-14(2)19-23-20(29)18-16(12-30-21(18)24-19)15-9-4-3-5-10-15/h3-12,14H,1-2H3,(H,23,24,29). The third-order valence-corrected chi connectivity index (χ3v) is 6.91. The van der Waals surface area contributed by atoms with Gasteiger partial charge in [-0.05, 0) is 41.5 Å². The van der Waals surface area contributed by atoms with Gasteiger partial charge in [0.25, 0.3) is 5.56 Å². The molecule has 1 atom stereocenters. The quantitative estimate of drug-likeness (QED) is 0.391. The Labute approximate surface area is 186 Å². The number of hydrogen-bond acceptors (Lipinski definition) is 7. The molecule has 9 heteroatoms. The van der Waals surface area contributed by atoms with Crippen LogP contribution in [0.5, 0.6) is 0 Å². The summed E-state index contributed by atoms with van der Waals surface area (Å²) in [5.41, 5.74) is 3.78. The molecule has 3 heterocycles. The van der Waals surface area contributed by atoms with Crippen LogP contribution in [0.4, 0.5) is 0 Å². The fourth-order valence-electron chi connectivity index (χ4n) is 3.41.